The molecule has 0 atom stereocenters. The zero-order chi connectivity index (χ0) is 6.69. The fourth-order valence-corrected chi connectivity index (χ4v) is 1.38. The summed E-state index contributed by atoms with van der Waals surface area (Å²) in [6.07, 6.45) is 2.87. The number of carbonyl (C=O) groups excluding carboxylic acids is 1. The van der Waals surface area contributed by atoms with Crippen LogP contribution in [0.1, 0.15) is 4.88 Å². The lowest BCUT2D eigenvalue weighted by Crippen LogP contribution is -1.76. The SMILES string of the molecule is O=CCc1cnc(Cl)s1. The van der Waals surface area contributed by atoms with Crippen LogP contribution in [0.25, 0.3) is 0 Å². The normalized spacial score (nSPS) is 9.44. The van der Waals surface area contributed by atoms with Crippen LogP contribution >= 0.6 is 22.9 Å². The maximum Gasteiger partial charge on any atom is 0.183 e. The Bertz CT molecular complexity index is 210. The number of thiazole rings is 1. The molecule has 0 unspecified atom stereocenters. The van der Waals surface area contributed by atoms with Crippen molar-refractivity contribution in [2.75, 3.05) is 0 Å². The average molecular weight is 162 g/mol. The van der Waals surface area contributed by atoms with E-state index in [1.807, 2.05) is 0 Å². The first-order valence-electron chi connectivity index (χ1n) is 2.37. The molecule has 0 saturated carbocycles. The fraction of sp³-hybridized carbons (Fsp3) is 0.200. The van der Waals surface area contributed by atoms with Crippen molar-refractivity contribution in [1.29, 1.82) is 0 Å². The molecule has 0 aliphatic carbocycles. The van der Waals surface area contributed by atoms with E-state index in [-0.39, 0.29) is 0 Å². The van der Waals surface area contributed by atoms with Crippen molar-refractivity contribution in [3.05, 3.63) is 15.5 Å². The lowest BCUT2D eigenvalue weighted by molar-refractivity contribution is -0.107. The summed E-state index contributed by atoms with van der Waals surface area (Å²) in [5.74, 6) is 0. The van der Waals surface area contributed by atoms with Crippen LogP contribution in [0.3, 0.4) is 0 Å². The molecule has 0 aliphatic rings. The first kappa shape index (κ1) is 6.71. The first-order chi connectivity index (χ1) is 4.33. The number of aldehydes is 1. The maximum absolute atomic E-state index is 9.92. The Kier molecular flexibility index (Phi) is 2.19. The van der Waals surface area contributed by atoms with Crippen LogP contribution in [0.2, 0.25) is 4.47 Å². The molecule has 1 heterocycles. The molecule has 0 aliphatic heterocycles. The van der Waals surface area contributed by atoms with Gasteiger partial charge in [-0.15, -0.1) is 11.3 Å². The Hall–Kier alpha value is -0.410. The molecule has 48 valence electrons. The molecule has 0 amide bonds. The number of rotatable bonds is 2. The van der Waals surface area contributed by atoms with E-state index in [0.717, 1.165) is 11.2 Å². The van der Waals surface area contributed by atoms with Gasteiger partial charge in [-0.05, 0) is 0 Å². The van der Waals surface area contributed by atoms with Crippen LogP contribution in [0.5, 0.6) is 0 Å². The summed E-state index contributed by atoms with van der Waals surface area (Å²) in [4.78, 5) is 14.6. The Morgan fingerprint density at radius 3 is 3.11 bits per heavy atom. The monoisotopic (exact) mass is 161 g/mol. The highest BCUT2D eigenvalue weighted by Crippen LogP contribution is 2.16. The van der Waals surface area contributed by atoms with Gasteiger partial charge < -0.3 is 4.79 Å². The number of hydrogen-bond donors (Lipinski definition) is 0. The van der Waals surface area contributed by atoms with E-state index in [4.69, 9.17) is 11.6 Å². The third-order valence-corrected chi connectivity index (χ3v) is 1.95. The topological polar surface area (TPSA) is 30.0 Å². The van der Waals surface area contributed by atoms with E-state index < -0.39 is 0 Å². The minimum Gasteiger partial charge on any atom is -0.303 e. The Morgan fingerprint density at radius 2 is 2.67 bits per heavy atom. The summed E-state index contributed by atoms with van der Waals surface area (Å²) in [5, 5.41) is 0. The van der Waals surface area contributed by atoms with Crippen LogP contribution in [-0.2, 0) is 11.2 Å². The molecule has 1 rings (SSSR count). The van der Waals surface area contributed by atoms with Gasteiger partial charge in [-0.2, -0.15) is 0 Å². The zero-order valence-electron chi connectivity index (χ0n) is 4.50. The van der Waals surface area contributed by atoms with Crippen molar-refractivity contribution in [3.63, 3.8) is 0 Å². The Morgan fingerprint density at radius 1 is 1.89 bits per heavy atom. The van der Waals surface area contributed by atoms with E-state index in [9.17, 15) is 4.79 Å². The predicted octanol–water partition coefficient (Wildman–Crippen LogP) is 1.54. The zero-order valence-corrected chi connectivity index (χ0v) is 6.08. The van der Waals surface area contributed by atoms with Crippen LogP contribution in [0, 0.1) is 0 Å². The summed E-state index contributed by atoms with van der Waals surface area (Å²) < 4.78 is 0.492. The standard InChI is InChI=1S/C5H4ClNOS/c6-5-7-3-4(9-5)1-2-8/h2-3H,1H2. The van der Waals surface area contributed by atoms with Crippen molar-refractivity contribution < 1.29 is 4.79 Å². The predicted molar refractivity (Wildman–Crippen MR) is 36.9 cm³/mol. The molecule has 0 aromatic carbocycles. The van der Waals surface area contributed by atoms with Crippen molar-refractivity contribution in [3.8, 4) is 0 Å². The Balaban J connectivity index is 2.72. The number of hydrogen-bond acceptors (Lipinski definition) is 3. The summed E-state index contributed by atoms with van der Waals surface area (Å²) in [5.41, 5.74) is 0. The number of halogens is 1. The van der Waals surface area contributed by atoms with Crippen LogP contribution < -0.4 is 0 Å². The van der Waals surface area contributed by atoms with Gasteiger partial charge in [0.2, 0.25) is 0 Å². The summed E-state index contributed by atoms with van der Waals surface area (Å²) >= 11 is 6.82. The lowest BCUT2D eigenvalue weighted by Gasteiger charge is -1.77. The summed E-state index contributed by atoms with van der Waals surface area (Å²) in [6, 6.07) is 0. The van der Waals surface area contributed by atoms with Crippen molar-refractivity contribution in [2.45, 2.75) is 6.42 Å². The van der Waals surface area contributed by atoms with Crippen LogP contribution in [0.15, 0.2) is 6.20 Å². The second-order valence-electron chi connectivity index (χ2n) is 1.45. The lowest BCUT2D eigenvalue weighted by atomic mass is 10.4. The Labute approximate surface area is 61.5 Å². The molecular weight excluding hydrogens is 158 g/mol. The highest BCUT2D eigenvalue weighted by molar-refractivity contribution is 7.15. The van der Waals surface area contributed by atoms with Gasteiger partial charge in [-0.1, -0.05) is 11.6 Å². The number of aromatic nitrogens is 1. The quantitative estimate of drug-likeness (QED) is 0.616. The molecule has 4 heteroatoms. The van der Waals surface area contributed by atoms with E-state index in [2.05, 4.69) is 4.98 Å². The minimum absolute atomic E-state index is 0.421. The fourth-order valence-electron chi connectivity index (χ4n) is 0.460. The molecule has 1 aromatic rings. The first-order valence-corrected chi connectivity index (χ1v) is 3.56. The highest BCUT2D eigenvalue weighted by atomic mass is 35.5. The second kappa shape index (κ2) is 2.94. The molecule has 2 nitrogen and oxygen atoms in total. The molecule has 0 spiro atoms. The van der Waals surface area contributed by atoms with Crippen molar-refractivity contribution in [2.24, 2.45) is 0 Å². The van der Waals surface area contributed by atoms with Crippen LogP contribution in [-0.4, -0.2) is 11.3 Å². The molecule has 0 radical (unpaired) electrons. The highest BCUT2D eigenvalue weighted by Gasteiger charge is 1.95. The molecule has 0 bridgehead atoms. The third kappa shape index (κ3) is 1.77. The van der Waals surface area contributed by atoms with Crippen molar-refractivity contribution >= 4 is 29.2 Å². The van der Waals surface area contributed by atoms with E-state index >= 15 is 0 Å². The average Bonchev–Trinajstić information content (AvgIpc) is 2.17. The largest absolute Gasteiger partial charge is 0.303 e. The molecule has 1 aromatic heterocycles. The minimum atomic E-state index is 0.421. The number of nitrogens with zero attached hydrogens (tertiary/aromatic N) is 1. The third-order valence-electron chi connectivity index (χ3n) is 0.810. The molecule has 0 N–H and O–H groups in total. The smallest absolute Gasteiger partial charge is 0.183 e. The van der Waals surface area contributed by atoms with Gasteiger partial charge in [0.1, 0.15) is 6.29 Å². The van der Waals surface area contributed by atoms with Gasteiger partial charge in [0, 0.05) is 17.5 Å². The van der Waals surface area contributed by atoms with Crippen LogP contribution in [0.4, 0.5) is 0 Å². The van der Waals surface area contributed by atoms with E-state index in [1.165, 1.54) is 11.3 Å². The van der Waals surface area contributed by atoms with Gasteiger partial charge in [-0.25, -0.2) is 4.98 Å². The van der Waals surface area contributed by atoms with Crippen molar-refractivity contribution in [1.82, 2.24) is 4.98 Å². The molecular formula is C5H4ClNOS. The van der Waals surface area contributed by atoms with Gasteiger partial charge >= 0.3 is 0 Å². The maximum atomic E-state index is 9.92. The summed E-state index contributed by atoms with van der Waals surface area (Å²) in [7, 11) is 0. The summed E-state index contributed by atoms with van der Waals surface area (Å²) in [6.45, 7) is 0. The van der Waals surface area contributed by atoms with E-state index in [0.29, 0.717) is 10.9 Å². The number of carbonyl (C=O) groups is 1. The molecule has 9 heavy (non-hydrogen) atoms. The molecule has 0 saturated heterocycles. The van der Waals surface area contributed by atoms with Gasteiger partial charge in [0.25, 0.3) is 0 Å². The second-order valence-corrected chi connectivity index (χ2v) is 3.15. The van der Waals surface area contributed by atoms with E-state index in [1.54, 1.807) is 6.20 Å². The molecule has 0 fully saturated rings. The van der Waals surface area contributed by atoms with Gasteiger partial charge in [-0.3, -0.25) is 0 Å². The van der Waals surface area contributed by atoms with Gasteiger partial charge in [0.15, 0.2) is 4.47 Å². The van der Waals surface area contributed by atoms with Gasteiger partial charge in [0.05, 0.1) is 0 Å².